The van der Waals surface area contributed by atoms with Crippen LogP contribution in [-0.4, -0.2) is 51.7 Å². The first-order chi connectivity index (χ1) is 7.40. The van der Waals surface area contributed by atoms with E-state index in [1.165, 1.54) is 0 Å². The fraction of sp³-hybridized carbons (Fsp3) is 1.00. The molecule has 0 spiro atoms. The van der Waals surface area contributed by atoms with Crippen molar-refractivity contribution in [2.75, 3.05) is 39.6 Å². The quantitative estimate of drug-likeness (QED) is 0.697. The van der Waals surface area contributed by atoms with Gasteiger partial charge in [-0.05, 0) is 13.0 Å². The smallest absolute Gasteiger partial charge is 0.104 e. The highest BCUT2D eigenvalue weighted by Crippen LogP contribution is 2.18. The number of hydrogen-bond donors (Lipinski definition) is 1. The minimum Gasteiger partial charge on any atom is -0.381 e. The maximum atomic E-state index is 5.76. The maximum Gasteiger partial charge on any atom is 0.104 e. The molecule has 15 heavy (non-hydrogen) atoms. The second-order valence-electron chi connectivity index (χ2n) is 4.28. The molecule has 88 valence electrons. The Morgan fingerprint density at radius 3 is 2.73 bits per heavy atom. The van der Waals surface area contributed by atoms with Gasteiger partial charge in [-0.2, -0.15) is 0 Å². The van der Waals surface area contributed by atoms with Crippen LogP contribution in [0.1, 0.15) is 13.3 Å². The Kier molecular flexibility index (Phi) is 4.38. The summed E-state index contributed by atoms with van der Waals surface area (Å²) in [5.41, 5.74) is 0. The Morgan fingerprint density at radius 1 is 1.33 bits per heavy atom. The second kappa shape index (κ2) is 5.80. The summed E-state index contributed by atoms with van der Waals surface area (Å²) in [6, 6.07) is 0.443. The van der Waals surface area contributed by atoms with Gasteiger partial charge in [-0.15, -0.1) is 0 Å². The molecule has 0 aromatic carbocycles. The molecule has 2 unspecified atom stereocenters. The Bertz CT molecular complexity index is 179. The first-order valence-corrected chi connectivity index (χ1v) is 5.90. The number of ether oxygens (including phenoxy) is 3. The van der Waals surface area contributed by atoms with Gasteiger partial charge in [0.25, 0.3) is 0 Å². The van der Waals surface area contributed by atoms with E-state index in [9.17, 15) is 0 Å². The van der Waals surface area contributed by atoms with E-state index >= 15 is 0 Å². The van der Waals surface area contributed by atoms with Crippen LogP contribution in [0.5, 0.6) is 0 Å². The summed E-state index contributed by atoms with van der Waals surface area (Å²) in [6.07, 6.45) is 1.48. The second-order valence-corrected chi connectivity index (χ2v) is 4.28. The standard InChI is InChI=1S/C11H21NO3/c1-2-12-11(9-3-4-13-5-9)8-15-10-6-14-7-10/h9-12H,2-8H2,1H3. The highest BCUT2D eigenvalue weighted by atomic mass is 16.6. The third-order valence-electron chi connectivity index (χ3n) is 3.12. The predicted molar refractivity (Wildman–Crippen MR) is 56.9 cm³/mol. The van der Waals surface area contributed by atoms with E-state index in [0.29, 0.717) is 18.1 Å². The van der Waals surface area contributed by atoms with Crippen LogP contribution in [0.15, 0.2) is 0 Å². The Hall–Kier alpha value is -0.160. The van der Waals surface area contributed by atoms with Gasteiger partial charge >= 0.3 is 0 Å². The summed E-state index contributed by atoms with van der Waals surface area (Å²) in [6.45, 7) is 7.22. The lowest BCUT2D eigenvalue weighted by atomic mass is 10.00. The summed E-state index contributed by atoms with van der Waals surface area (Å²) in [5, 5.41) is 3.48. The third kappa shape index (κ3) is 3.14. The van der Waals surface area contributed by atoms with Crippen LogP contribution in [0.2, 0.25) is 0 Å². The molecule has 2 aliphatic heterocycles. The molecule has 2 fully saturated rings. The van der Waals surface area contributed by atoms with Gasteiger partial charge in [0.05, 0.1) is 26.4 Å². The van der Waals surface area contributed by atoms with Crippen LogP contribution < -0.4 is 5.32 Å². The van der Waals surface area contributed by atoms with Crippen molar-refractivity contribution in [3.05, 3.63) is 0 Å². The number of hydrogen-bond acceptors (Lipinski definition) is 4. The van der Waals surface area contributed by atoms with E-state index in [4.69, 9.17) is 14.2 Å². The van der Waals surface area contributed by atoms with Crippen molar-refractivity contribution in [2.45, 2.75) is 25.5 Å². The zero-order valence-corrected chi connectivity index (χ0v) is 9.41. The molecule has 0 aromatic heterocycles. The van der Waals surface area contributed by atoms with E-state index in [-0.39, 0.29) is 0 Å². The predicted octanol–water partition coefficient (Wildman–Crippen LogP) is 0.416. The zero-order chi connectivity index (χ0) is 10.5. The van der Waals surface area contributed by atoms with Crippen LogP contribution in [0.25, 0.3) is 0 Å². The van der Waals surface area contributed by atoms with Crippen molar-refractivity contribution in [3.8, 4) is 0 Å². The van der Waals surface area contributed by atoms with E-state index in [2.05, 4.69) is 12.2 Å². The lowest BCUT2D eigenvalue weighted by Gasteiger charge is -2.30. The number of nitrogens with one attached hydrogen (secondary N) is 1. The van der Waals surface area contributed by atoms with Crippen molar-refractivity contribution in [1.29, 1.82) is 0 Å². The average molecular weight is 215 g/mol. The molecule has 2 aliphatic rings. The molecule has 0 aromatic rings. The van der Waals surface area contributed by atoms with Gasteiger partial charge in [-0.1, -0.05) is 6.92 Å². The molecule has 1 N–H and O–H groups in total. The summed E-state index contributed by atoms with van der Waals surface area (Å²) in [7, 11) is 0. The SMILES string of the molecule is CCNC(COC1COC1)C1CCOC1. The highest BCUT2D eigenvalue weighted by molar-refractivity contribution is 4.80. The highest BCUT2D eigenvalue weighted by Gasteiger charge is 2.27. The molecule has 0 radical (unpaired) electrons. The molecule has 2 atom stereocenters. The zero-order valence-electron chi connectivity index (χ0n) is 9.41. The molecule has 4 nitrogen and oxygen atoms in total. The minimum absolute atomic E-state index is 0.327. The minimum atomic E-state index is 0.327. The maximum absolute atomic E-state index is 5.76. The molecule has 0 bridgehead atoms. The largest absolute Gasteiger partial charge is 0.381 e. The van der Waals surface area contributed by atoms with E-state index in [1.54, 1.807) is 0 Å². The monoisotopic (exact) mass is 215 g/mol. The van der Waals surface area contributed by atoms with Crippen LogP contribution in [0, 0.1) is 5.92 Å². The number of rotatable bonds is 6. The van der Waals surface area contributed by atoms with Gasteiger partial charge in [0.15, 0.2) is 0 Å². The van der Waals surface area contributed by atoms with Gasteiger partial charge in [-0.25, -0.2) is 0 Å². The first-order valence-electron chi connectivity index (χ1n) is 5.90. The van der Waals surface area contributed by atoms with Crippen LogP contribution in [0.4, 0.5) is 0 Å². The molecular formula is C11H21NO3. The average Bonchev–Trinajstić information content (AvgIpc) is 2.66. The van der Waals surface area contributed by atoms with E-state index in [1.807, 2.05) is 0 Å². The van der Waals surface area contributed by atoms with Crippen LogP contribution >= 0.6 is 0 Å². The normalized spacial score (nSPS) is 29.0. The molecular weight excluding hydrogens is 194 g/mol. The first kappa shape index (κ1) is 11.3. The molecule has 0 saturated carbocycles. The van der Waals surface area contributed by atoms with Crippen molar-refractivity contribution in [1.82, 2.24) is 5.32 Å². The molecule has 2 heterocycles. The Morgan fingerprint density at radius 2 is 2.20 bits per heavy atom. The van der Waals surface area contributed by atoms with Crippen molar-refractivity contribution < 1.29 is 14.2 Å². The van der Waals surface area contributed by atoms with E-state index < -0.39 is 0 Å². The summed E-state index contributed by atoms with van der Waals surface area (Å²) >= 11 is 0. The summed E-state index contributed by atoms with van der Waals surface area (Å²) in [4.78, 5) is 0. The van der Waals surface area contributed by atoms with Crippen molar-refractivity contribution >= 4 is 0 Å². The molecule has 2 saturated heterocycles. The molecule has 2 rings (SSSR count). The van der Waals surface area contributed by atoms with Crippen molar-refractivity contribution in [3.63, 3.8) is 0 Å². The fourth-order valence-electron chi connectivity index (χ4n) is 2.04. The van der Waals surface area contributed by atoms with Crippen molar-refractivity contribution in [2.24, 2.45) is 5.92 Å². The lowest BCUT2D eigenvalue weighted by Crippen LogP contribution is -2.44. The number of likely N-dealkylation sites (N-methyl/N-ethyl adjacent to an activating group) is 1. The Balaban J connectivity index is 1.71. The summed E-state index contributed by atoms with van der Waals surface area (Å²) in [5.74, 6) is 0.617. The summed E-state index contributed by atoms with van der Waals surface area (Å²) < 4.78 is 16.3. The topological polar surface area (TPSA) is 39.7 Å². The molecule has 0 aliphatic carbocycles. The van der Waals surface area contributed by atoms with E-state index in [0.717, 1.165) is 46.0 Å². The van der Waals surface area contributed by atoms with Crippen LogP contribution in [0.3, 0.4) is 0 Å². The Labute approximate surface area is 91.3 Å². The molecule has 4 heteroatoms. The van der Waals surface area contributed by atoms with Gasteiger partial charge in [0, 0.05) is 18.6 Å². The fourth-order valence-corrected chi connectivity index (χ4v) is 2.04. The van der Waals surface area contributed by atoms with Gasteiger partial charge in [0.1, 0.15) is 6.10 Å². The van der Waals surface area contributed by atoms with Gasteiger partial charge < -0.3 is 19.5 Å². The molecule has 0 amide bonds. The van der Waals surface area contributed by atoms with Crippen LogP contribution in [-0.2, 0) is 14.2 Å². The van der Waals surface area contributed by atoms with Gasteiger partial charge in [0.2, 0.25) is 0 Å². The third-order valence-corrected chi connectivity index (χ3v) is 3.12. The van der Waals surface area contributed by atoms with Gasteiger partial charge in [-0.3, -0.25) is 0 Å². The lowest BCUT2D eigenvalue weighted by molar-refractivity contribution is -0.135.